The van der Waals surface area contributed by atoms with Crippen molar-refractivity contribution in [3.05, 3.63) is 0 Å². The highest BCUT2D eigenvalue weighted by Gasteiger charge is 2.28. The van der Waals surface area contributed by atoms with Gasteiger partial charge in [-0.15, -0.1) is 0 Å². The van der Waals surface area contributed by atoms with E-state index in [1.54, 1.807) is 0 Å². The highest BCUT2D eigenvalue weighted by Crippen LogP contribution is 2.32. The SMILES string of the molecule is CC(C)(C)C1CCCN(NI)C1. The van der Waals surface area contributed by atoms with E-state index in [9.17, 15) is 0 Å². The van der Waals surface area contributed by atoms with Gasteiger partial charge in [-0.3, -0.25) is 0 Å². The maximum atomic E-state index is 3.21. The van der Waals surface area contributed by atoms with Gasteiger partial charge in [0, 0.05) is 36.0 Å². The molecule has 1 atom stereocenters. The Morgan fingerprint density at radius 1 is 1.42 bits per heavy atom. The van der Waals surface area contributed by atoms with Gasteiger partial charge in [-0.1, -0.05) is 20.8 Å². The van der Waals surface area contributed by atoms with Crippen LogP contribution >= 0.6 is 22.9 Å². The molecular weight excluding hydrogens is 263 g/mol. The minimum Gasteiger partial charge on any atom is -0.235 e. The molecule has 72 valence electrons. The third-order valence-corrected chi connectivity index (χ3v) is 3.45. The number of halogens is 1. The summed E-state index contributed by atoms with van der Waals surface area (Å²) < 4.78 is 3.21. The standard InChI is InChI=1S/C9H19IN2/c1-9(2,3)8-5-4-6-12(7-8)11-10/h8,11H,4-7H2,1-3H3. The van der Waals surface area contributed by atoms with Gasteiger partial charge in [0.25, 0.3) is 0 Å². The van der Waals surface area contributed by atoms with Crippen LogP contribution in [0.25, 0.3) is 0 Å². The molecule has 1 rings (SSSR count). The fourth-order valence-corrected chi connectivity index (χ4v) is 2.20. The molecule has 1 aliphatic rings. The highest BCUT2D eigenvalue weighted by molar-refractivity contribution is 14.1. The number of hydrogen-bond acceptors (Lipinski definition) is 2. The van der Waals surface area contributed by atoms with E-state index in [2.05, 4.69) is 52.3 Å². The van der Waals surface area contributed by atoms with Gasteiger partial charge in [-0.05, 0) is 24.2 Å². The third-order valence-electron chi connectivity index (χ3n) is 2.77. The lowest BCUT2D eigenvalue weighted by molar-refractivity contribution is 0.0915. The summed E-state index contributed by atoms with van der Waals surface area (Å²) in [6.45, 7) is 9.43. The van der Waals surface area contributed by atoms with Crippen molar-refractivity contribution in [2.24, 2.45) is 11.3 Å². The fraction of sp³-hybridized carbons (Fsp3) is 1.00. The Morgan fingerprint density at radius 2 is 2.08 bits per heavy atom. The van der Waals surface area contributed by atoms with Crippen LogP contribution in [0.5, 0.6) is 0 Å². The van der Waals surface area contributed by atoms with Crippen LogP contribution < -0.4 is 3.64 Å². The van der Waals surface area contributed by atoms with Crippen LogP contribution in [0.2, 0.25) is 0 Å². The maximum absolute atomic E-state index is 3.21. The predicted molar refractivity (Wildman–Crippen MR) is 60.9 cm³/mol. The first-order valence-corrected chi connectivity index (χ1v) is 5.73. The van der Waals surface area contributed by atoms with E-state index in [1.165, 1.54) is 25.9 Å². The molecule has 0 bridgehead atoms. The molecule has 1 unspecified atom stereocenters. The minimum absolute atomic E-state index is 0.464. The molecule has 0 aliphatic carbocycles. The van der Waals surface area contributed by atoms with Crippen molar-refractivity contribution in [3.8, 4) is 0 Å². The predicted octanol–water partition coefficient (Wildman–Crippen LogP) is 2.60. The molecule has 0 spiro atoms. The molecule has 12 heavy (non-hydrogen) atoms. The van der Waals surface area contributed by atoms with Crippen molar-refractivity contribution in [1.29, 1.82) is 0 Å². The lowest BCUT2D eigenvalue weighted by Gasteiger charge is -2.38. The van der Waals surface area contributed by atoms with E-state index >= 15 is 0 Å². The molecule has 1 fully saturated rings. The summed E-state index contributed by atoms with van der Waals surface area (Å²) >= 11 is 2.22. The zero-order valence-corrected chi connectivity index (χ0v) is 10.4. The number of piperidine rings is 1. The summed E-state index contributed by atoms with van der Waals surface area (Å²) in [5.74, 6) is 0.841. The first-order chi connectivity index (χ1) is 5.54. The van der Waals surface area contributed by atoms with Gasteiger partial charge < -0.3 is 0 Å². The smallest absolute Gasteiger partial charge is 0.0336 e. The average molecular weight is 282 g/mol. The minimum atomic E-state index is 0.464. The van der Waals surface area contributed by atoms with Crippen molar-refractivity contribution in [2.45, 2.75) is 33.6 Å². The Morgan fingerprint density at radius 3 is 2.58 bits per heavy atom. The summed E-state index contributed by atoms with van der Waals surface area (Å²) in [5.41, 5.74) is 0.464. The van der Waals surface area contributed by atoms with E-state index in [1.807, 2.05) is 0 Å². The van der Waals surface area contributed by atoms with E-state index < -0.39 is 0 Å². The summed E-state index contributed by atoms with van der Waals surface area (Å²) in [4.78, 5) is 0. The van der Waals surface area contributed by atoms with Gasteiger partial charge in [0.15, 0.2) is 0 Å². The van der Waals surface area contributed by atoms with Gasteiger partial charge in [0.05, 0.1) is 0 Å². The van der Waals surface area contributed by atoms with Crippen LogP contribution in [0.3, 0.4) is 0 Å². The average Bonchev–Trinajstić information content (AvgIpc) is 2.03. The second kappa shape index (κ2) is 4.24. The largest absolute Gasteiger partial charge is 0.235 e. The second-order valence-corrected chi connectivity index (χ2v) is 5.22. The Balaban J connectivity index is 2.46. The number of rotatable bonds is 1. The van der Waals surface area contributed by atoms with Crippen LogP contribution in [0.1, 0.15) is 33.6 Å². The van der Waals surface area contributed by atoms with E-state index in [0.717, 1.165) is 5.92 Å². The van der Waals surface area contributed by atoms with Gasteiger partial charge in [-0.25, -0.2) is 5.01 Å². The summed E-state index contributed by atoms with van der Waals surface area (Å²) in [6.07, 6.45) is 2.72. The number of nitrogens with zero attached hydrogens (tertiary/aromatic N) is 1. The van der Waals surface area contributed by atoms with Crippen LogP contribution in [0.15, 0.2) is 0 Å². The quantitative estimate of drug-likeness (QED) is 0.587. The molecule has 0 aromatic carbocycles. The van der Waals surface area contributed by atoms with Crippen LogP contribution in [-0.2, 0) is 0 Å². The van der Waals surface area contributed by atoms with Crippen LogP contribution in [-0.4, -0.2) is 18.1 Å². The first kappa shape index (κ1) is 10.7. The zero-order valence-electron chi connectivity index (χ0n) is 8.23. The number of nitrogens with one attached hydrogen (secondary N) is 1. The molecule has 0 amide bonds. The monoisotopic (exact) mass is 282 g/mol. The first-order valence-electron chi connectivity index (χ1n) is 4.65. The number of hydrazine groups is 1. The van der Waals surface area contributed by atoms with Crippen molar-refractivity contribution >= 4 is 22.9 Å². The summed E-state index contributed by atoms with van der Waals surface area (Å²) in [6, 6.07) is 0. The van der Waals surface area contributed by atoms with E-state index in [-0.39, 0.29) is 0 Å². The molecule has 0 radical (unpaired) electrons. The van der Waals surface area contributed by atoms with Crippen LogP contribution in [0, 0.1) is 11.3 Å². The fourth-order valence-electron chi connectivity index (χ4n) is 1.76. The lowest BCUT2D eigenvalue weighted by Crippen LogP contribution is -2.44. The molecule has 1 N–H and O–H groups in total. The van der Waals surface area contributed by atoms with Crippen molar-refractivity contribution in [1.82, 2.24) is 8.65 Å². The number of hydrogen-bond donors (Lipinski definition) is 1. The van der Waals surface area contributed by atoms with E-state index in [0.29, 0.717) is 5.41 Å². The van der Waals surface area contributed by atoms with Gasteiger partial charge in [0.1, 0.15) is 0 Å². The zero-order chi connectivity index (χ0) is 9.19. The normalized spacial score (nSPS) is 27.5. The van der Waals surface area contributed by atoms with Crippen molar-refractivity contribution in [2.75, 3.05) is 13.1 Å². The molecule has 3 heteroatoms. The molecule has 1 aliphatic heterocycles. The molecule has 0 saturated carbocycles. The van der Waals surface area contributed by atoms with Gasteiger partial charge >= 0.3 is 0 Å². The van der Waals surface area contributed by atoms with Crippen molar-refractivity contribution in [3.63, 3.8) is 0 Å². The van der Waals surface area contributed by atoms with Crippen molar-refractivity contribution < 1.29 is 0 Å². The summed E-state index contributed by atoms with van der Waals surface area (Å²) in [5, 5.41) is 2.32. The molecule has 0 aromatic rings. The summed E-state index contributed by atoms with van der Waals surface area (Å²) in [7, 11) is 0. The molecule has 0 aromatic heterocycles. The van der Waals surface area contributed by atoms with E-state index in [4.69, 9.17) is 0 Å². The Hall–Kier alpha value is 0.650. The Bertz CT molecular complexity index is 142. The molecule has 1 saturated heterocycles. The highest BCUT2D eigenvalue weighted by atomic mass is 127. The topological polar surface area (TPSA) is 15.3 Å². The lowest BCUT2D eigenvalue weighted by atomic mass is 9.76. The Kier molecular flexibility index (Phi) is 3.79. The second-order valence-electron chi connectivity index (χ2n) is 4.74. The third kappa shape index (κ3) is 2.85. The van der Waals surface area contributed by atoms with Crippen LogP contribution in [0.4, 0.5) is 0 Å². The molecule has 2 nitrogen and oxygen atoms in total. The molecular formula is C9H19IN2. The molecule has 1 heterocycles. The maximum Gasteiger partial charge on any atom is 0.0336 e. The van der Waals surface area contributed by atoms with Gasteiger partial charge in [0.2, 0.25) is 0 Å². The Labute approximate surface area is 89.6 Å². The van der Waals surface area contributed by atoms with Gasteiger partial charge in [-0.2, -0.15) is 3.64 Å².